The van der Waals surface area contributed by atoms with Gasteiger partial charge >= 0.3 is 0 Å². The molecular weight excluding hydrogens is 427 g/mol. The molecule has 4 nitrogen and oxygen atoms in total. The molecule has 2 N–H and O–H groups in total. The number of carbonyl (C=O) groups excluding carboxylic acids is 2. The van der Waals surface area contributed by atoms with E-state index in [0.29, 0.717) is 16.8 Å². The van der Waals surface area contributed by atoms with Crippen LogP contribution in [0.2, 0.25) is 0 Å². The second kappa shape index (κ2) is 10.9. The fourth-order valence-electron chi connectivity index (χ4n) is 2.41. The summed E-state index contributed by atoms with van der Waals surface area (Å²) in [5.74, 6) is 0.0753. The van der Waals surface area contributed by atoms with Crippen LogP contribution in [0.5, 0.6) is 0 Å². The van der Waals surface area contributed by atoms with Crippen LogP contribution in [0.1, 0.15) is 32.1 Å². The molecule has 0 saturated carbocycles. The van der Waals surface area contributed by atoms with Gasteiger partial charge in [-0.15, -0.1) is 0 Å². The zero-order valence-electron chi connectivity index (χ0n) is 14.1. The van der Waals surface area contributed by atoms with Gasteiger partial charge in [-0.25, -0.2) is 0 Å². The Balaban J connectivity index is 1.58. The smallest absolute Gasteiger partial charge is 0.224 e. The molecule has 2 aromatic carbocycles. The summed E-state index contributed by atoms with van der Waals surface area (Å²) in [5, 5.41) is 5.78. The molecule has 0 radical (unpaired) electrons. The Kier molecular flexibility index (Phi) is 8.45. The van der Waals surface area contributed by atoms with Crippen LogP contribution >= 0.6 is 22.6 Å². The Labute approximate surface area is 162 Å². The lowest BCUT2D eigenvalue weighted by atomic mass is 10.1. The molecule has 132 valence electrons. The highest BCUT2D eigenvalue weighted by atomic mass is 127. The standard InChI is InChI=1S/C20H23IN2O2/c21-16(14-15-20(25)23-18-11-5-2-6-12-18)8-7-13-19(24)22-17-9-3-1-4-10-17/h1-6,9-12,16H,7-8,13-15H2,(H,22,24)(H,23,25). The van der Waals surface area contributed by atoms with Crippen LogP contribution in [0.4, 0.5) is 11.4 Å². The second-order valence-electron chi connectivity index (χ2n) is 5.86. The first-order valence-electron chi connectivity index (χ1n) is 8.47. The molecule has 2 aromatic rings. The number of hydrogen-bond acceptors (Lipinski definition) is 2. The van der Waals surface area contributed by atoms with Crippen LogP contribution < -0.4 is 10.6 Å². The summed E-state index contributed by atoms with van der Waals surface area (Å²) in [4.78, 5) is 23.8. The Morgan fingerprint density at radius 3 is 1.76 bits per heavy atom. The SMILES string of the molecule is O=C(CCCC(I)CCC(=O)Nc1ccccc1)Nc1ccccc1. The molecule has 0 spiro atoms. The zero-order valence-corrected chi connectivity index (χ0v) is 16.2. The number of nitrogens with one attached hydrogen (secondary N) is 2. The van der Waals surface area contributed by atoms with Crippen LogP contribution in [0, 0.1) is 0 Å². The van der Waals surface area contributed by atoms with Crippen molar-refractivity contribution >= 4 is 45.8 Å². The van der Waals surface area contributed by atoms with E-state index in [0.717, 1.165) is 30.6 Å². The maximum Gasteiger partial charge on any atom is 0.224 e. The number of hydrogen-bond donors (Lipinski definition) is 2. The number of para-hydroxylation sites is 2. The molecule has 1 unspecified atom stereocenters. The van der Waals surface area contributed by atoms with Gasteiger partial charge in [-0.3, -0.25) is 9.59 Å². The predicted molar refractivity (Wildman–Crippen MR) is 111 cm³/mol. The van der Waals surface area contributed by atoms with Crippen LogP contribution in [-0.4, -0.2) is 15.7 Å². The lowest BCUT2D eigenvalue weighted by molar-refractivity contribution is -0.117. The third kappa shape index (κ3) is 8.16. The fraction of sp³-hybridized carbons (Fsp3) is 0.300. The summed E-state index contributed by atoms with van der Waals surface area (Å²) >= 11 is 2.36. The van der Waals surface area contributed by atoms with E-state index in [4.69, 9.17) is 0 Å². The molecule has 0 aliphatic rings. The van der Waals surface area contributed by atoms with E-state index in [1.165, 1.54) is 0 Å². The van der Waals surface area contributed by atoms with Crippen LogP contribution in [0.15, 0.2) is 60.7 Å². The van der Waals surface area contributed by atoms with E-state index in [-0.39, 0.29) is 11.8 Å². The Bertz CT molecular complexity index is 662. The van der Waals surface area contributed by atoms with Crippen LogP contribution in [0.3, 0.4) is 0 Å². The normalized spacial score (nSPS) is 11.6. The maximum atomic E-state index is 11.9. The van der Waals surface area contributed by atoms with Crippen molar-refractivity contribution in [3.63, 3.8) is 0 Å². The van der Waals surface area contributed by atoms with E-state index in [1.54, 1.807) is 0 Å². The van der Waals surface area contributed by atoms with Crippen molar-refractivity contribution in [3.05, 3.63) is 60.7 Å². The van der Waals surface area contributed by atoms with Crippen molar-refractivity contribution in [2.45, 2.75) is 36.0 Å². The summed E-state index contributed by atoms with van der Waals surface area (Å²) < 4.78 is 0.392. The van der Waals surface area contributed by atoms with Gasteiger partial charge in [0.2, 0.25) is 11.8 Å². The van der Waals surface area contributed by atoms with E-state index in [2.05, 4.69) is 33.2 Å². The molecule has 1 atom stereocenters. The summed E-state index contributed by atoms with van der Waals surface area (Å²) in [7, 11) is 0. The van der Waals surface area contributed by atoms with Gasteiger partial charge in [-0.1, -0.05) is 59.0 Å². The van der Waals surface area contributed by atoms with Crippen molar-refractivity contribution in [1.29, 1.82) is 0 Å². The number of benzene rings is 2. The Hall–Kier alpha value is -1.89. The van der Waals surface area contributed by atoms with Gasteiger partial charge < -0.3 is 10.6 Å². The molecule has 0 aliphatic carbocycles. The van der Waals surface area contributed by atoms with Gasteiger partial charge in [0.25, 0.3) is 0 Å². The van der Waals surface area contributed by atoms with Gasteiger partial charge in [0.1, 0.15) is 0 Å². The topological polar surface area (TPSA) is 58.2 Å². The molecule has 0 aromatic heterocycles. The molecule has 2 rings (SSSR count). The van der Waals surface area contributed by atoms with E-state index >= 15 is 0 Å². The highest BCUT2D eigenvalue weighted by molar-refractivity contribution is 14.1. The first kappa shape index (κ1) is 19.4. The van der Waals surface area contributed by atoms with Crippen molar-refractivity contribution in [1.82, 2.24) is 0 Å². The molecular formula is C20H23IN2O2. The van der Waals surface area contributed by atoms with Gasteiger partial charge in [0.05, 0.1) is 0 Å². The first-order chi connectivity index (χ1) is 12.1. The third-order valence-corrected chi connectivity index (χ3v) is 4.97. The molecule has 5 heteroatoms. The molecule has 0 saturated heterocycles. The average molecular weight is 450 g/mol. The van der Waals surface area contributed by atoms with Crippen LogP contribution in [-0.2, 0) is 9.59 Å². The lowest BCUT2D eigenvalue weighted by Gasteiger charge is -2.10. The number of carbonyl (C=O) groups is 2. The van der Waals surface area contributed by atoms with Crippen molar-refractivity contribution in [3.8, 4) is 0 Å². The van der Waals surface area contributed by atoms with Crippen molar-refractivity contribution < 1.29 is 9.59 Å². The van der Waals surface area contributed by atoms with E-state index in [9.17, 15) is 9.59 Å². The van der Waals surface area contributed by atoms with Crippen molar-refractivity contribution in [2.24, 2.45) is 0 Å². The molecule has 2 amide bonds. The van der Waals surface area contributed by atoms with Gasteiger partial charge in [0.15, 0.2) is 0 Å². The summed E-state index contributed by atoms with van der Waals surface area (Å²) in [6.07, 6.45) is 3.58. The number of anilines is 2. The summed E-state index contributed by atoms with van der Waals surface area (Å²) in [6.45, 7) is 0. The average Bonchev–Trinajstić information content (AvgIpc) is 2.62. The highest BCUT2D eigenvalue weighted by Crippen LogP contribution is 2.17. The van der Waals surface area contributed by atoms with E-state index < -0.39 is 0 Å². The number of rotatable bonds is 9. The van der Waals surface area contributed by atoms with Gasteiger partial charge in [-0.05, 0) is 43.5 Å². The largest absolute Gasteiger partial charge is 0.326 e. The highest BCUT2D eigenvalue weighted by Gasteiger charge is 2.10. The lowest BCUT2D eigenvalue weighted by Crippen LogP contribution is -2.14. The Morgan fingerprint density at radius 1 is 0.760 bits per heavy atom. The Morgan fingerprint density at radius 2 is 1.24 bits per heavy atom. The molecule has 0 fully saturated rings. The number of halogens is 1. The molecule has 0 aliphatic heterocycles. The number of alkyl halides is 1. The maximum absolute atomic E-state index is 11.9. The first-order valence-corrected chi connectivity index (χ1v) is 9.72. The van der Waals surface area contributed by atoms with Gasteiger partial charge in [0, 0.05) is 28.1 Å². The second-order valence-corrected chi connectivity index (χ2v) is 7.62. The van der Waals surface area contributed by atoms with Gasteiger partial charge in [-0.2, -0.15) is 0 Å². The van der Waals surface area contributed by atoms with Crippen molar-refractivity contribution in [2.75, 3.05) is 10.6 Å². The van der Waals surface area contributed by atoms with Crippen LogP contribution in [0.25, 0.3) is 0 Å². The minimum atomic E-state index is 0.0367. The molecule has 0 bridgehead atoms. The minimum Gasteiger partial charge on any atom is -0.326 e. The quantitative estimate of drug-likeness (QED) is 0.417. The number of amides is 2. The predicted octanol–water partition coefficient (Wildman–Crippen LogP) is 5.02. The zero-order chi connectivity index (χ0) is 17.9. The van der Waals surface area contributed by atoms with E-state index in [1.807, 2.05) is 60.7 Å². The third-order valence-electron chi connectivity index (χ3n) is 3.72. The monoisotopic (exact) mass is 450 g/mol. The fourth-order valence-corrected chi connectivity index (χ4v) is 3.16. The summed E-state index contributed by atoms with van der Waals surface area (Å²) in [5.41, 5.74) is 1.66. The minimum absolute atomic E-state index is 0.0367. The summed E-state index contributed by atoms with van der Waals surface area (Å²) in [6, 6.07) is 19.0. The molecule has 0 heterocycles. The molecule has 25 heavy (non-hydrogen) atoms.